The first-order valence-electron chi connectivity index (χ1n) is 8.27. The first-order chi connectivity index (χ1) is 13.2. The zero-order valence-corrected chi connectivity index (χ0v) is 14.7. The van der Waals surface area contributed by atoms with Crippen molar-refractivity contribution in [2.75, 3.05) is 13.7 Å². The van der Waals surface area contributed by atoms with Gasteiger partial charge in [0.05, 0.1) is 7.11 Å². The minimum atomic E-state index is -0.758. The van der Waals surface area contributed by atoms with E-state index in [2.05, 4.69) is 15.5 Å². The van der Waals surface area contributed by atoms with E-state index in [1.807, 2.05) is 30.3 Å². The summed E-state index contributed by atoms with van der Waals surface area (Å²) in [5.74, 6) is -0.237. The van der Waals surface area contributed by atoms with Crippen molar-refractivity contribution < 1.29 is 19.1 Å². The number of esters is 1. The number of carbonyl (C=O) groups excluding carboxylic acids is 2. The molecule has 0 aliphatic heterocycles. The number of nitrogens with zero attached hydrogens (tertiary/aromatic N) is 4. The Balaban J connectivity index is 1.66. The summed E-state index contributed by atoms with van der Waals surface area (Å²) in [6.07, 6.45) is 1.70. The molecule has 0 saturated heterocycles. The number of rotatable bonds is 8. The van der Waals surface area contributed by atoms with Gasteiger partial charge in [0, 0.05) is 12.0 Å². The maximum atomic E-state index is 12.6. The van der Waals surface area contributed by atoms with Crippen molar-refractivity contribution in [3.05, 3.63) is 72.1 Å². The highest BCUT2D eigenvalue weighted by atomic mass is 16.5. The highest BCUT2D eigenvalue weighted by Gasteiger charge is 2.25. The van der Waals surface area contributed by atoms with E-state index in [9.17, 15) is 9.59 Å². The molecule has 1 aromatic heterocycles. The second kappa shape index (κ2) is 8.70. The Labute approximate surface area is 155 Å². The van der Waals surface area contributed by atoms with Crippen molar-refractivity contribution in [3.8, 4) is 5.75 Å². The fourth-order valence-electron chi connectivity index (χ4n) is 2.53. The summed E-state index contributed by atoms with van der Waals surface area (Å²) >= 11 is 0. The van der Waals surface area contributed by atoms with Crippen LogP contribution >= 0.6 is 0 Å². The zero-order valence-electron chi connectivity index (χ0n) is 14.7. The van der Waals surface area contributed by atoms with Gasteiger partial charge < -0.3 is 9.47 Å². The smallest absolute Gasteiger partial charge is 0.331 e. The van der Waals surface area contributed by atoms with Gasteiger partial charge in [0.25, 0.3) is 0 Å². The van der Waals surface area contributed by atoms with E-state index >= 15 is 0 Å². The number of carbonyl (C=O) groups is 2. The van der Waals surface area contributed by atoms with Crippen molar-refractivity contribution >= 4 is 11.8 Å². The maximum absolute atomic E-state index is 12.6. The normalized spacial score (nSPS) is 11.6. The zero-order chi connectivity index (χ0) is 19.1. The second-order valence-electron chi connectivity index (χ2n) is 5.75. The third kappa shape index (κ3) is 4.75. The number of ketones is 1. The summed E-state index contributed by atoms with van der Waals surface area (Å²) in [6, 6.07) is 15.3. The molecule has 1 heterocycles. The van der Waals surface area contributed by atoms with Gasteiger partial charge in [-0.25, -0.2) is 9.48 Å². The van der Waals surface area contributed by atoms with Crippen LogP contribution in [0.3, 0.4) is 0 Å². The Morgan fingerprint density at radius 1 is 1.07 bits per heavy atom. The molecule has 8 nitrogen and oxygen atoms in total. The Kier molecular flexibility index (Phi) is 5.88. The lowest BCUT2D eigenvalue weighted by molar-refractivity contribution is -0.146. The molecule has 0 aliphatic rings. The third-order valence-electron chi connectivity index (χ3n) is 3.99. The van der Waals surface area contributed by atoms with Gasteiger partial charge in [0.1, 0.15) is 12.1 Å². The Morgan fingerprint density at radius 2 is 1.81 bits per heavy atom. The Hall–Kier alpha value is -3.55. The van der Waals surface area contributed by atoms with Gasteiger partial charge in [-0.3, -0.25) is 4.79 Å². The summed E-state index contributed by atoms with van der Waals surface area (Å²) in [6.45, 7) is -0.363. The molecule has 0 unspecified atom stereocenters. The molecule has 3 aromatic rings. The van der Waals surface area contributed by atoms with Crippen LogP contribution in [0, 0.1) is 0 Å². The quantitative estimate of drug-likeness (QED) is 0.444. The van der Waals surface area contributed by atoms with Gasteiger partial charge in [0.2, 0.25) is 0 Å². The number of hydrogen-bond donors (Lipinski definition) is 0. The number of hydrogen-bond acceptors (Lipinski definition) is 7. The molecular formula is C19H18N4O4. The monoisotopic (exact) mass is 366 g/mol. The molecule has 8 heteroatoms. The first kappa shape index (κ1) is 18.2. The number of ether oxygens (including phenoxy) is 2. The van der Waals surface area contributed by atoms with Crippen LogP contribution in [0.15, 0.2) is 60.9 Å². The Bertz CT molecular complexity index is 880. The number of Topliss-reactive ketones (excluding diaryl/α,β-unsaturated/α-hetero) is 1. The lowest BCUT2D eigenvalue weighted by Gasteiger charge is -2.15. The van der Waals surface area contributed by atoms with Crippen LogP contribution in [-0.4, -0.2) is 45.7 Å². The van der Waals surface area contributed by atoms with E-state index in [4.69, 9.17) is 9.47 Å². The number of aromatic nitrogens is 4. The number of benzene rings is 2. The highest BCUT2D eigenvalue weighted by molar-refractivity contribution is 5.98. The van der Waals surface area contributed by atoms with Gasteiger partial charge in [-0.2, -0.15) is 0 Å². The molecule has 0 radical (unpaired) electrons. The molecule has 0 bridgehead atoms. The predicted molar refractivity (Wildman–Crippen MR) is 95.3 cm³/mol. The molecule has 0 N–H and O–H groups in total. The van der Waals surface area contributed by atoms with Crippen LogP contribution in [-0.2, 0) is 16.0 Å². The molecule has 0 saturated carbocycles. The minimum absolute atomic E-state index is 0.304. The van der Waals surface area contributed by atoms with Crippen LogP contribution in [0.2, 0.25) is 0 Å². The van der Waals surface area contributed by atoms with Gasteiger partial charge >= 0.3 is 5.97 Å². The van der Waals surface area contributed by atoms with E-state index in [1.54, 1.807) is 31.4 Å². The maximum Gasteiger partial charge on any atom is 0.331 e. The summed E-state index contributed by atoms with van der Waals surface area (Å²) in [4.78, 5) is 24.8. The lowest BCUT2D eigenvalue weighted by Crippen LogP contribution is -2.26. The predicted octanol–water partition coefficient (Wildman–Crippen LogP) is 1.89. The molecule has 0 fully saturated rings. The highest BCUT2D eigenvalue weighted by Crippen LogP contribution is 2.16. The average molecular weight is 366 g/mol. The SMILES string of the molecule is COc1ccc(C(=O)COC(=O)[C@@H](Cc2ccccc2)n2cnnn2)cc1. The summed E-state index contributed by atoms with van der Waals surface area (Å²) < 4.78 is 11.6. The molecule has 1 atom stereocenters. The summed E-state index contributed by atoms with van der Waals surface area (Å²) in [5.41, 5.74) is 1.36. The molecular weight excluding hydrogens is 348 g/mol. The molecule has 0 aliphatic carbocycles. The van der Waals surface area contributed by atoms with Crippen LogP contribution in [0.5, 0.6) is 5.75 Å². The van der Waals surface area contributed by atoms with E-state index < -0.39 is 12.0 Å². The first-order valence-corrected chi connectivity index (χ1v) is 8.27. The molecule has 27 heavy (non-hydrogen) atoms. The van der Waals surface area contributed by atoms with Crippen molar-refractivity contribution in [3.63, 3.8) is 0 Å². The van der Waals surface area contributed by atoms with Crippen LogP contribution in [0.25, 0.3) is 0 Å². The molecule has 0 amide bonds. The third-order valence-corrected chi connectivity index (χ3v) is 3.99. The Morgan fingerprint density at radius 3 is 2.44 bits per heavy atom. The molecule has 0 spiro atoms. The van der Waals surface area contributed by atoms with Crippen molar-refractivity contribution in [1.82, 2.24) is 20.2 Å². The van der Waals surface area contributed by atoms with Crippen LogP contribution in [0.4, 0.5) is 0 Å². The van der Waals surface area contributed by atoms with Crippen molar-refractivity contribution in [1.29, 1.82) is 0 Å². The molecule has 138 valence electrons. The van der Waals surface area contributed by atoms with Gasteiger partial charge in [-0.05, 0) is 40.3 Å². The fraction of sp³-hybridized carbons (Fsp3) is 0.211. The number of methoxy groups -OCH3 is 1. The fourth-order valence-corrected chi connectivity index (χ4v) is 2.53. The topological polar surface area (TPSA) is 96.2 Å². The lowest BCUT2D eigenvalue weighted by atomic mass is 10.1. The van der Waals surface area contributed by atoms with Gasteiger partial charge in [-0.1, -0.05) is 30.3 Å². The van der Waals surface area contributed by atoms with Gasteiger partial charge in [0.15, 0.2) is 18.4 Å². The molecule has 2 aromatic carbocycles. The summed E-state index contributed by atoms with van der Waals surface area (Å²) in [5, 5.41) is 10.9. The van der Waals surface area contributed by atoms with E-state index in [0.717, 1.165) is 5.56 Å². The molecule has 3 rings (SSSR count). The largest absolute Gasteiger partial charge is 0.497 e. The van der Waals surface area contributed by atoms with Crippen molar-refractivity contribution in [2.45, 2.75) is 12.5 Å². The van der Waals surface area contributed by atoms with E-state index in [1.165, 1.54) is 11.0 Å². The minimum Gasteiger partial charge on any atom is -0.497 e. The van der Waals surface area contributed by atoms with Crippen molar-refractivity contribution in [2.24, 2.45) is 0 Å². The second-order valence-corrected chi connectivity index (χ2v) is 5.75. The van der Waals surface area contributed by atoms with E-state index in [0.29, 0.717) is 17.7 Å². The van der Waals surface area contributed by atoms with E-state index in [-0.39, 0.29) is 12.4 Å². The average Bonchev–Trinajstić information content (AvgIpc) is 3.25. The number of tetrazole rings is 1. The summed E-state index contributed by atoms with van der Waals surface area (Å²) in [7, 11) is 1.55. The standard InChI is InChI=1S/C19H18N4O4/c1-26-16-9-7-15(8-10-16)18(24)12-27-19(25)17(23-13-20-21-22-23)11-14-5-3-2-4-6-14/h2-10,13,17H,11-12H2,1H3/t17-/m1/s1. The van der Waals surface area contributed by atoms with Gasteiger partial charge in [-0.15, -0.1) is 5.10 Å². The van der Waals surface area contributed by atoms with Crippen LogP contribution < -0.4 is 4.74 Å². The van der Waals surface area contributed by atoms with Crippen LogP contribution in [0.1, 0.15) is 22.0 Å².